The molecule has 7 nitrogen and oxygen atoms in total. The Balaban J connectivity index is 2.07. The molecule has 2 rings (SSSR count). The van der Waals surface area contributed by atoms with Crippen LogP contribution in [0.4, 0.5) is 5.69 Å². The van der Waals surface area contributed by atoms with E-state index < -0.39 is 11.9 Å². The molecule has 1 amide bonds. The summed E-state index contributed by atoms with van der Waals surface area (Å²) in [7, 11) is 0. The molecule has 0 radical (unpaired) electrons. The standard InChI is InChI=1S/C14H15ClN4O3/c1-2-3-14(21)22-7-13(20)18-11-6-10(15)4-5-12(11)19-9-16-8-17-19/h4-6,8-9H,2-3,7H2,1H3,(H,18,20). The maximum atomic E-state index is 11.9. The fourth-order valence-corrected chi connectivity index (χ4v) is 1.92. The molecule has 0 aliphatic carbocycles. The summed E-state index contributed by atoms with van der Waals surface area (Å²) in [6.07, 6.45) is 3.84. The minimum absolute atomic E-state index is 0.286. The third-order valence-corrected chi connectivity index (χ3v) is 2.95. The topological polar surface area (TPSA) is 86.1 Å². The van der Waals surface area contributed by atoms with E-state index in [-0.39, 0.29) is 13.0 Å². The molecule has 1 heterocycles. The van der Waals surface area contributed by atoms with E-state index in [9.17, 15) is 9.59 Å². The van der Waals surface area contributed by atoms with Crippen LogP contribution in [-0.4, -0.2) is 33.2 Å². The number of ether oxygens (including phenoxy) is 1. The number of rotatable bonds is 6. The predicted molar refractivity (Wildman–Crippen MR) is 80.9 cm³/mol. The Kier molecular flexibility index (Phi) is 5.48. The van der Waals surface area contributed by atoms with Crippen LogP contribution in [0.5, 0.6) is 0 Å². The summed E-state index contributed by atoms with van der Waals surface area (Å²) in [6, 6.07) is 4.97. The van der Waals surface area contributed by atoms with Crippen molar-refractivity contribution in [3.8, 4) is 5.69 Å². The number of benzene rings is 1. The van der Waals surface area contributed by atoms with Crippen molar-refractivity contribution in [1.29, 1.82) is 0 Å². The highest BCUT2D eigenvalue weighted by Crippen LogP contribution is 2.23. The first-order valence-electron chi connectivity index (χ1n) is 6.70. The molecule has 0 saturated heterocycles. The third-order valence-electron chi connectivity index (χ3n) is 2.72. The molecule has 22 heavy (non-hydrogen) atoms. The first-order valence-corrected chi connectivity index (χ1v) is 7.08. The van der Waals surface area contributed by atoms with Gasteiger partial charge in [-0.2, -0.15) is 5.10 Å². The van der Waals surface area contributed by atoms with Gasteiger partial charge in [0.15, 0.2) is 6.61 Å². The number of carbonyl (C=O) groups is 2. The van der Waals surface area contributed by atoms with Crippen molar-refractivity contribution < 1.29 is 14.3 Å². The summed E-state index contributed by atoms with van der Waals surface area (Å²) >= 11 is 5.95. The molecule has 0 bridgehead atoms. The number of amides is 1. The molecular weight excluding hydrogens is 308 g/mol. The second kappa shape index (κ2) is 7.56. The first kappa shape index (κ1) is 16.0. The lowest BCUT2D eigenvalue weighted by Gasteiger charge is -2.11. The van der Waals surface area contributed by atoms with Crippen LogP contribution in [0.1, 0.15) is 19.8 Å². The Morgan fingerprint density at radius 1 is 1.41 bits per heavy atom. The Morgan fingerprint density at radius 2 is 2.23 bits per heavy atom. The highest BCUT2D eigenvalue weighted by Gasteiger charge is 2.12. The number of halogens is 1. The minimum Gasteiger partial charge on any atom is -0.456 e. The summed E-state index contributed by atoms with van der Waals surface area (Å²) in [5, 5.41) is 7.12. The normalized spacial score (nSPS) is 10.3. The number of hydrogen-bond donors (Lipinski definition) is 1. The molecule has 0 unspecified atom stereocenters. The lowest BCUT2D eigenvalue weighted by atomic mass is 10.2. The van der Waals surface area contributed by atoms with E-state index in [1.165, 1.54) is 17.3 Å². The first-order chi connectivity index (χ1) is 10.6. The zero-order valence-electron chi connectivity index (χ0n) is 12.0. The van der Waals surface area contributed by atoms with Crippen LogP contribution in [0.15, 0.2) is 30.9 Å². The molecule has 0 aliphatic heterocycles. The van der Waals surface area contributed by atoms with Crippen LogP contribution in [0, 0.1) is 0 Å². The van der Waals surface area contributed by atoms with Crippen molar-refractivity contribution in [2.24, 2.45) is 0 Å². The smallest absolute Gasteiger partial charge is 0.306 e. The highest BCUT2D eigenvalue weighted by molar-refractivity contribution is 6.31. The number of nitrogens with zero attached hydrogens (tertiary/aromatic N) is 3. The van der Waals surface area contributed by atoms with Crippen LogP contribution < -0.4 is 5.32 Å². The number of nitrogens with one attached hydrogen (secondary N) is 1. The number of esters is 1. The van der Waals surface area contributed by atoms with Gasteiger partial charge in [0.1, 0.15) is 12.7 Å². The van der Waals surface area contributed by atoms with Crippen molar-refractivity contribution in [2.75, 3.05) is 11.9 Å². The zero-order valence-corrected chi connectivity index (χ0v) is 12.7. The van der Waals surface area contributed by atoms with Gasteiger partial charge in [-0.3, -0.25) is 9.59 Å². The predicted octanol–water partition coefficient (Wildman–Crippen LogP) is 2.20. The van der Waals surface area contributed by atoms with Gasteiger partial charge in [-0.25, -0.2) is 9.67 Å². The molecule has 116 valence electrons. The maximum absolute atomic E-state index is 11.9. The average Bonchev–Trinajstić information content (AvgIpc) is 3.00. The number of aromatic nitrogens is 3. The molecule has 0 spiro atoms. The van der Waals surface area contributed by atoms with Gasteiger partial charge in [0, 0.05) is 11.4 Å². The van der Waals surface area contributed by atoms with E-state index in [0.717, 1.165) is 0 Å². The summed E-state index contributed by atoms with van der Waals surface area (Å²) in [4.78, 5) is 27.0. The van der Waals surface area contributed by atoms with Crippen molar-refractivity contribution >= 4 is 29.2 Å². The molecule has 0 atom stereocenters. The molecule has 0 aliphatic rings. The Bertz CT molecular complexity index is 658. The molecule has 1 aromatic heterocycles. The number of anilines is 1. The van der Waals surface area contributed by atoms with Gasteiger partial charge in [0.25, 0.3) is 5.91 Å². The molecule has 8 heteroatoms. The second-order valence-electron chi connectivity index (χ2n) is 4.46. The highest BCUT2D eigenvalue weighted by atomic mass is 35.5. The fraction of sp³-hybridized carbons (Fsp3) is 0.286. The van der Waals surface area contributed by atoms with Crippen LogP contribution in [0.2, 0.25) is 5.02 Å². The van der Waals surface area contributed by atoms with Gasteiger partial charge in [0.05, 0.1) is 11.4 Å². The SMILES string of the molecule is CCCC(=O)OCC(=O)Nc1cc(Cl)ccc1-n1cncn1. The van der Waals surface area contributed by atoms with Crippen molar-refractivity contribution in [3.05, 3.63) is 35.9 Å². The maximum Gasteiger partial charge on any atom is 0.306 e. The summed E-state index contributed by atoms with van der Waals surface area (Å²) in [6.45, 7) is 1.51. The quantitative estimate of drug-likeness (QED) is 0.824. The Hall–Kier alpha value is -2.41. The molecule has 2 aromatic rings. The van der Waals surface area contributed by atoms with Crippen molar-refractivity contribution in [1.82, 2.24) is 14.8 Å². The van der Waals surface area contributed by atoms with Gasteiger partial charge < -0.3 is 10.1 Å². The zero-order chi connectivity index (χ0) is 15.9. The van der Waals surface area contributed by atoms with Gasteiger partial charge in [-0.05, 0) is 24.6 Å². The van der Waals surface area contributed by atoms with Gasteiger partial charge in [0.2, 0.25) is 0 Å². The number of carbonyl (C=O) groups excluding carboxylic acids is 2. The molecule has 0 fully saturated rings. The summed E-state index contributed by atoms with van der Waals surface area (Å²) in [5.41, 5.74) is 1.06. The van der Waals surface area contributed by atoms with Gasteiger partial charge in [-0.1, -0.05) is 18.5 Å². The summed E-state index contributed by atoms with van der Waals surface area (Å²) < 4.78 is 6.35. The monoisotopic (exact) mass is 322 g/mol. The van der Waals surface area contributed by atoms with Crippen LogP contribution in [0.25, 0.3) is 5.69 Å². The Labute approximate surface area is 132 Å². The second-order valence-corrected chi connectivity index (χ2v) is 4.90. The molecule has 1 N–H and O–H groups in total. The van der Waals surface area contributed by atoms with E-state index >= 15 is 0 Å². The lowest BCUT2D eigenvalue weighted by molar-refractivity contribution is -0.147. The van der Waals surface area contributed by atoms with Gasteiger partial charge in [-0.15, -0.1) is 0 Å². The van der Waals surface area contributed by atoms with Crippen molar-refractivity contribution in [3.63, 3.8) is 0 Å². The fourth-order valence-electron chi connectivity index (χ4n) is 1.75. The van der Waals surface area contributed by atoms with E-state index in [1.54, 1.807) is 18.2 Å². The largest absolute Gasteiger partial charge is 0.456 e. The van der Waals surface area contributed by atoms with Crippen molar-refractivity contribution in [2.45, 2.75) is 19.8 Å². The van der Waals surface area contributed by atoms with Crippen LogP contribution in [0.3, 0.4) is 0 Å². The molecule has 0 saturated carbocycles. The molecule has 1 aromatic carbocycles. The summed E-state index contributed by atoms with van der Waals surface area (Å²) in [5.74, 6) is -0.853. The van der Waals surface area contributed by atoms with E-state index in [2.05, 4.69) is 15.4 Å². The van der Waals surface area contributed by atoms with Gasteiger partial charge >= 0.3 is 5.97 Å². The van der Waals surface area contributed by atoms with Crippen LogP contribution >= 0.6 is 11.6 Å². The third kappa shape index (κ3) is 4.29. The average molecular weight is 323 g/mol. The van der Waals surface area contributed by atoms with E-state index in [0.29, 0.717) is 22.8 Å². The van der Waals surface area contributed by atoms with Crippen LogP contribution in [-0.2, 0) is 14.3 Å². The van der Waals surface area contributed by atoms with E-state index in [4.69, 9.17) is 16.3 Å². The Morgan fingerprint density at radius 3 is 2.91 bits per heavy atom. The lowest BCUT2D eigenvalue weighted by Crippen LogP contribution is -2.21. The molecular formula is C14H15ClN4O3. The van der Waals surface area contributed by atoms with E-state index in [1.807, 2.05) is 6.92 Å². The minimum atomic E-state index is -0.451. The number of hydrogen-bond acceptors (Lipinski definition) is 5.